The van der Waals surface area contributed by atoms with Crippen LogP contribution in [0.2, 0.25) is 0 Å². The third-order valence-corrected chi connectivity index (χ3v) is 4.07. The number of nitrogens with one attached hydrogen (secondary N) is 1. The molecule has 0 aromatic rings. The van der Waals surface area contributed by atoms with Crippen molar-refractivity contribution in [1.29, 1.82) is 0 Å². The summed E-state index contributed by atoms with van der Waals surface area (Å²) in [6, 6.07) is 0.466. The van der Waals surface area contributed by atoms with Crippen LogP contribution in [0, 0.1) is 5.92 Å². The average Bonchev–Trinajstić information content (AvgIpc) is 2.37. The topological polar surface area (TPSA) is 41.6 Å². The first-order valence-corrected chi connectivity index (χ1v) is 7.27. The van der Waals surface area contributed by atoms with Crippen molar-refractivity contribution in [3.63, 3.8) is 0 Å². The van der Waals surface area contributed by atoms with Gasteiger partial charge in [0.15, 0.2) is 0 Å². The number of hydrogen-bond donors (Lipinski definition) is 1. The van der Waals surface area contributed by atoms with E-state index in [-0.39, 0.29) is 18.1 Å². The second-order valence-corrected chi connectivity index (χ2v) is 5.80. The summed E-state index contributed by atoms with van der Waals surface area (Å²) in [6.45, 7) is 8.85. The van der Waals surface area contributed by atoms with Crippen LogP contribution in [-0.4, -0.2) is 48.7 Å². The third-order valence-electron chi connectivity index (χ3n) is 4.07. The number of nitrogens with zero attached hydrogens (tertiary/aromatic N) is 1. The van der Waals surface area contributed by atoms with Crippen LogP contribution in [0.1, 0.15) is 40.0 Å². The van der Waals surface area contributed by atoms with Gasteiger partial charge in [-0.3, -0.25) is 4.79 Å². The summed E-state index contributed by atoms with van der Waals surface area (Å²) in [5, 5.41) is 3.40. The van der Waals surface area contributed by atoms with Gasteiger partial charge in [0.25, 0.3) is 0 Å². The lowest BCUT2D eigenvalue weighted by Gasteiger charge is -2.39. The first-order chi connectivity index (χ1) is 8.60. The molecule has 0 saturated carbocycles. The summed E-state index contributed by atoms with van der Waals surface area (Å²) in [7, 11) is 0. The number of carbonyl (C=O) groups is 1. The van der Waals surface area contributed by atoms with Gasteiger partial charge in [-0.2, -0.15) is 0 Å². The molecule has 18 heavy (non-hydrogen) atoms. The molecule has 0 aromatic carbocycles. The van der Waals surface area contributed by atoms with E-state index in [2.05, 4.69) is 26.1 Å². The van der Waals surface area contributed by atoms with E-state index < -0.39 is 0 Å². The highest BCUT2D eigenvalue weighted by molar-refractivity contribution is 5.79. The Morgan fingerprint density at radius 3 is 2.83 bits per heavy atom. The molecular weight excluding hydrogens is 228 g/mol. The quantitative estimate of drug-likeness (QED) is 0.810. The van der Waals surface area contributed by atoms with Gasteiger partial charge in [0, 0.05) is 25.0 Å². The molecule has 0 bridgehead atoms. The number of carbonyl (C=O) groups excluding carboxylic acids is 1. The molecule has 2 saturated heterocycles. The van der Waals surface area contributed by atoms with Crippen molar-refractivity contribution in [1.82, 2.24) is 10.2 Å². The van der Waals surface area contributed by atoms with E-state index in [1.807, 2.05) is 4.90 Å². The summed E-state index contributed by atoms with van der Waals surface area (Å²) in [6.07, 6.45) is 3.33. The first kappa shape index (κ1) is 13.8. The first-order valence-electron chi connectivity index (χ1n) is 7.27. The largest absolute Gasteiger partial charge is 0.372 e. The van der Waals surface area contributed by atoms with Crippen LogP contribution < -0.4 is 5.32 Å². The molecule has 4 atom stereocenters. The molecule has 2 aliphatic rings. The minimum Gasteiger partial charge on any atom is -0.372 e. The van der Waals surface area contributed by atoms with Crippen LogP contribution in [0.4, 0.5) is 0 Å². The van der Waals surface area contributed by atoms with Crippen molar-refractivity contribution in [2.75, 3.05) is 19.6 Å². The Morgan fingerprint density at radius 2 is 2.17 bits per heavy atom. The maximum atomic E-state index is 12.5. The zero-order chi connectivity index (χ0) is 13.1. The minimum absolute atomic E-state index is 0.173. The molecule has 2 aliphatic heterocycles. The molecule has 2 unspecified atom stereocenters. The molecule has 4 nitrogen and oxygen atoms in total. The molecular formula is C14H26N2O2. The van der Waals surface area contributed by atoms with Gasteiger partial charge in [-0.15, -0.1) is 0 Å². The van der Waals surface area contributed by atoms with E-state index in [1.54, 1.807) is 0 Å². The normalized spacial score (nSPS) is 37.6. The van der Waals surface area contributed by atoms with Crippen LogP contribution in [-0.2, 0) is 9.53 Å². The SMILES string of the molecule is CCC1CN(C(=O)[C@H]2CCN[C@@H](C)C2)CC(C)O1. The Labute approximate surface area is 110 Å². The van der Waals surface area contributed by atoms with Crippen molar-refractivity contribution in [2.45, 2.75) is 58.3 Å². The van der Waals surface area contributed by atoms with Gasteiger partial charge < -0.3 is 15.0 Å². The fourth-order valence-electron chi connectivity index (χ4n) is 3.06. The highest BCUT2D eigenvalue weighted by Gasteiger charge is 2.33. The Bertz CT molecular complexity index is 296. The van der Waals surface area contributed by atoms with Crippen LogP contribution in [0.3, 0.4) is 0 Å². The zero-order valence-electron chi connectivity index (χ0n) is 11.8. The number of amides is 1. The fraction of sp³-hybridized carbons (Fsp3) is 0.929. The van der Waals surface area contributed by atoms with Crippen LogP contribution >= 0.6 is 0 Å². The lowest BCUT2D eigenvalue weighted by molar-refractivity contribution is -0.149. The predicted molar refractivity (Wildman–Crippen MR) is 71.4 cm³/mol. The van der Waals surface area contributed by atoms with Crippen molar-refractivity contribution in [3.8, 4) is 0 Å². The van der Waals surface area contributed by atoms with E-state index in [4.69, 9.17) is 4.74 Å². The monoisotopic (exact) mass is 254 g/mol. The van der Waals surface area contributed by atoms with Gasteiger partial charge in [0.05, 0.1) is 12.2 Å². The molecule has 0 radical (unpaired) electrons. The standard InChI is InChI=1S/C14H26N2O2/c1-4-13-9-16(8-11(3)18-13)14(17)12-5-6-15-10(2)7-12/h10-13,15H,4-9H2,1-3H3/t10-,11?,12-,13?/m0/s1. The summed E-state index contributed by atoms with van der Waals surface area (Å²) >= 11 is 0. The molecule has 0 aliphatic carbocycles. The second-order valence-electron chi connectivity index (χ2n) is 5.80. The highest BCUT2D eigenvalue weighted by Crippen LogP contribution is 2.22. The Morgan fingerprint density at radius 1 is 1.39 bits per heavy atom. The number of rotatable bonds is 2. The van der Waals surface area contributed by atoms with Crippen molar-refractivity contribution >= 4 is 5.91 Å². The lowest BCUT2D eigenvalue weighted by atomic mass is 9.91. The molecule has 1 N–H and O–H groups in total. The predicted octanol–water partition coefficient (Wildman–Crippen LogP) is 1.40. The van der Waals surface area contributed by atoms with E-state index in [1.165, 1.54) is 0 Å². The summed E-state index contributed by atoms with van der Waals surface area (Å²) in [5.74, 6) is 0.556. The van der Waals surface area contributed by atoms with Crippen molar-refractivity contribution < 1.29 is 9.53 Å². The molecule has 1 amide bonds. The number of ether oxygens (including phenoxy) is 1. The van der Waals surface area contributed by atoms with E-state index in [0.29, 0.717) is 11.9 Å². The maximum absolute atomic E-state index is 12.5. The summed E-state index contributed by atoms with van der Waals surface area (Å²) < 4.78 is 5.82. The van der Waals surface area contributed by atoms with Gasteiger partial charge in [-0.25, -0.2) is 0 Å². The molecule has 104 valence electrons. The summed E-state index contributed by atoms with van der Waals surface area (Å²) in [4.78, 5) is 14.6. The van der Waals surface area contributed by atoms with Crippen LogP contribution in [0.15, 0.2) is 0 Å². The van der Waals surface area contributed by atoms with E-state index in [9.17, 15) is 4.79 Å². The lowest BCUT2D eigenvalue weighted by Crippen LogP contribution is -2.52. The molecule has 2 rings (SSSR count). The smallest absolute Gasteiger partial charge is 0.225 e. The Hall–Kier alpha value is -0.610. The molecule has 0 aromatic heterocycles. The average molecular weight is 254 g/mol. The molecule has 0 spiro atoms. The second kappa shape index (κ2) is 6.02. The Kier molecular flexibility index (Phi) is 4.62. The number of piperidine rings is 1. The zero-order valence-corrected chi connectivity index (χ0v) is 11.8. The maximum Gasteiger partial charge on any atom is 0.225 e. The van der Waals surface area contributed by atoms with Gasteiger partial charge in [0.1, 0.15) is 0 Å². The van der Waals surface area contributed by atoms with Gasteiger partial charge >= 0.3 is 0 Å². The minimum atomic E-state index is 0.173. The van der Waals surface area contributed by atoms with Crippen molar-refractivity contribution in [2.24, 2.45) is 5.92 Å². The van der Waals surface area contributed by atoms with E-state index >= 15 is 0 Å². The number of hydrogen-bond acceptors (Lipinski definition) is 3. The Balaban J connectivity index is 1.94. The van der Waals surface area contributed by atoms with Crippen molar-refractivity contribution in [3.05, 3.63) is 0 Å². The van der Waals surface area contributed by atoms with Gasteiger partial charge in [-0.05, 0) is 39.7 Å². The molecule has 2 heterocycles. The van der Waals surface area contributed by atoms with Gasteiger partial charge in [0.2, 0.25) is 5.91 Å². The molecule has 2 fully saturated rings. The van der Waals surface area contributed by atoms with E-state index in [0.717, 1.165) is 38.9 Å². The highest BCUT2D eigenvalue weighted by atomic mass is 16.5. The fourth-order valence-corrected chi connectivity index (χ4v) is 3.06. The third kappa shape index (κ3) is 3.23. The van der Waals surface area contributed by atoms with Crippen LogP contribution in [0.5, 0.6) is 0 Å². The van der Waals surface area contributed by atoms with Gasteiger partial charge in [-0.1, -0.05) is 6.92 Å². The number of morpholine rings is 1. The molecule has 4 heteroatoms. The summed E-state index contributed by atoms with van der Waals surface area (Å²) in [5.41, 5.74) is 0. The van der Waals surface area contributed by atoms with Crippen LogP contribution in [0.25, 0.3) is 0 Å².